The number of ether oxygens (including phenoxy) is 2. The Hall–Kier alpha value is -2.82. The van der Waals surface area contributed by atoms with Crippen LogP contribution in [0.1, 0.15) is 52.5 Å². The Kier molecular flexibility index (Phi) is 8.10. The molecule has 3 aromatic carbocycles. The molecule has 0 radical (unpaired) electrons. The molecule has 3 aromatic rings. The average molecular weight is 457 g/mol. The lowest BCUT2D eigenvalue weighted by atomic mass is 10.1. The van der Waals surface area contributed by atoms with E-state index >= 15 is 0 Å². The van der Waals surface area contributed by atoms with Crippen molar-refractivity contribution in [2.24, 2.45) is 0 Å². The number of aryl methyl sites for hydroxylation is 1. The minimum atomic E-state index is -0.583. The zero-order valence-corrected chi connectivity index (χ0v) is 18.6. The van der Waals surface area contributed by atoms with Gasteiger partial charge < -0.3 is 9.47 Å². The summed E-state index contributed by atoms with van der Waals surface area (Å²) < 4.78 is 10.7. The second kappa shape index (κ2) is 11.0. The van der Waals surface area contributed by atoms with Crippen LogP contribution >= 0.6 is 23.2 Å². The van der Waals surface area contributed by atoms with Gasteiger partial charge in [0.25, 0.3) is 0 Å². The summed E-state index contributed by atoms with van der Waals surface area (Å²) in [5.74, 6) is -0.569. The number of carbonyl (C=O) groups is 2. The maximum atomic E-state index is 12.4. The van der Waals surface area contributed by atoms with Crippen LogP contribution in [0.25, 0.3) is 0 Å². The summed E-state index contributed by atoms with van der Waals surface area (Å²) in [7, 11) is 0. The van der Waals surface area contributed by atoms with E-state index in [-0.39, 0.29) is 16.3 Å². The number of hydrogen-bond acceptors (Lipinski definition) is 4. The minimum absolute atomic E-state index is 0.134. The van der Waals surface area contributed by atoms with E-state index in [9.17, 15) is 9.59 Å². The predicted octanol–water partition coefficient (Wildman–Crippen LogP) is 7.16. The summed E-state index contributed by atoms with van der Waals surface area (Å²) in [5.41, 5.74) is 1.85. The minimum Gasteiger partial charge on any atom is -0.423 e. The molecule has 6 heteroatoms. The van der Waals surface area contributed by atoms with Crippen molar-refractivity contribution in [3.63, 3.8) is 0 Å². The van der Waals surface area contributed by atoms with E-state index in [1.165, 1.54) is 36.6 Å². The molecule has 0 amide bonds. The second-order valence-corrected chi connectivity index (χ2v) is 7.88. The van der Waals surface area contributed by atoms with E-state index in [0.717, 1.165) is 12.8 Å². The lowest BCUT2D eigenvalue weighted by molar-refractivity contribution is 0.0730. The first kappa shape index (κ1) is 22.9. The van der Waals surface area contributed by atoms with Gasteiger partial charge in [-0.25, -0.2) is 9.59 Å². The molecule has 31 heavy (non-hydrogen) atoms. The van der Waals surface area contributed by atoms with E-state index in [1.807, 2.05) is 12.1 Å². The van der Waals surface area contributed by atoms with Crippen LogP contribution in [0, 0.1) is 0 Å². The molecular formula is C25H22Cl2O4. The smallest absolute Gasteiger partial charge is 0.343 e. The molecule has 4 nitrogen and oxygen atoms in total. The monoisotopic (exact) mass is 456 g/mol. The van der Waals surface area contributed by atoms with Gasteiger partial charge in [0.15, 0.2) is 0 Å². The van der Waals surface area contributed by atoms with Crippen LogP contribution in [0.3, 0.4) is 0 Å². The lowest BCUT2D eigenvalue weighted by Gasteiger charge is -2.09. The average Bonchev–Trinajstić information content (AvgIpc) is 2.77. The van der Waals surface area contributed by atoms with Crippen LogP contribution in [0.15, 0.2) is 66.7 Å². The Morgan fingerprint density at radius 1 is 0.774 bits per heavy atom. The van der Waals surface area contributed by atoms with Crippen LogP contribution in [-0.4, -0.2) is 11.9 Å². The van der Waals surface area contributed by atoms with Crippen LogP contribution in [0.2, 0.25) is 10.0 Å². The summed E-state index contributed by atoms with van der Waals surface area (Å²) in [5, 5.41) is 0.676. The largest absolute Gasteiger partial charge is 0.423 e. The zero-order chi connectivity index (χ0) is 22.2. The van der Waals surface area contributed by atoms with Crippen LogP contribution < -0.4 is 9.47 Å². The Morgan fingerprint density at radius 3 is 2.06 bits per heavy atom. The summed E-state index contributed by atoms with van der Waals surface area (Å²) >= 11 is 12.0. The first-order valence-corrected chi connectivity index (χ1v) is 10.8. The molecule has 3 rings (SSSR count). The molecule has 0 spiro atoms. The predicted molar refractivity (Wildman–Crippen MR) is 122 cm³/mol. The Bertz CT molecular complexity index is 1040. The van der Waals surface area contributed by atoms with Crippen molar-refractivity contribution < 1.29 is 19.1 Å². The summed E-state index contributed by atoms with van der Waals surface area (Å²) in [6.07, 6.45) is 4.47. The molecule has 0 N–H and O–H groups in total. The SMILES string of the molecule is CCCCCc1ccc(C(=O)Oc2ccc(C(=O)Oc3ccc(Cl)cc3)cc2Cl)cc1. The van der Waals surface area contributed by atoms with E-state index in [4.69, 9.17) is 32.7 Å². The zero-order valence-electron chi connectivity index (χ0n) is 17.1. The quantitative estimate of drug-likeness (QED) is 0.205. The molecule has 0 unspecified atom stereocenters. The van der Waals surface area contributed by atoms with Gasteiger partial charge in [-0.05, 0) is 73.0 Å². The molecule has 0 aliphatic heterocycles. The molecule has 0 atom stereocenters. The fraction of sp³-hybridized carbons (Fsp3) is 0.200. The highest BCUT2D eigenvalue weighted by atomic mass is 35.5. The third-order valence-corrected chi connectivity index (χ3v) is 5.20. The molecule has 0 aliphatic rings. The Morgan fingerprint density at radius 2 is 1.42 bits per heavy atom. The van der Waals surface area contributed by atoms with Crippen molar-refractivity contribution in [3.05, 3.63) is 93.5 Å². The molecule has 160 valence electrons. The van der Waals surface area contributed by atoms with Crippen molar-refractivity contribution in [1.29, 1.82) is 0 Å². The fourth-order valence-corrected chi connectivity index (χ4v) is 3.27. The molecule has 0 saturated heterocycles. The Labute approximate surface area is 191 Å². The molecule has 0 saturated carbocycles. The molecule has 0 aliphatic carbocycles. The molecular weight excluding hydrogens is 435 g/mol. The van der Waals surface area contributed by atoms with Gasteiger partial charge in [0.1, 0.15) is 11.5 Å². The number of carbonyl (C=O) groups excluding carboxylic acids is 2. The van der Waals surface area contributed by atoms with Crippen LogP contribution in [0.4, 0.5) is 0 Å². The maximum Gasteiger partial charge on any atom is 0.343 e. The third kappa shape index (κ3) is 6.58. The van der Waals surface area contributed by atoms with Crippen molar-refractivity contribution in [1.82, 2.24) is 0 Å². The van der Waals surface area contributed by atoms with Gasteiger partial charge in [-0.3, -0.25) is 0 Å². The first-order chi connectivity index (χ1) is 15.0. The second-order valence-electron chi connectivity index (χ2n) is 7.03. The van der Waals surface area contributed by atoms with Crippen molar-refractivity contribution in [3.8, 4) is 11.5 Å². The number of benzene rings is 3. The fourth-order valence-electron chi connectivity index (χ4n) is 2.92. The molecule has 0 aromatic heterocycles. The lowest BCUT2D eigenvalue weighted by Crippen LogP contribution is -2.11. The van der Waals surface area contributed by atoms with Gasteiger partial charge in [0, 0.05) is 5.02 Å². The van der Waals surface area contributed by atoms with Gasteiger partial charge >= 0.3 is 11.9 Å². The van der Waals surface area contributed by atoms with E-state index < -0.39 is 11.9 Å². The number of unbranched alkanes of at least 4 members (excludes halogenated alkanes) is 2. The van der Waals surface area contributed by atoms with Crippen molar-refractivity contribution >= 4 is 35.1 Å². The van der Waals surface area contributed by atoms with Crippen molar-refractivity contribution in [2.45, 2.75) is 32.6 Å². The summed E-state index contributed by atoms with van der Waals surface area (Å²) in [6.45, 7) is 2.17. The van der Waals surface area contributed by atoms with E-state index in [2.05, 4.69) is 6.92 Å². The number of hydrogen-bond donors (Lipinski definition) is 0. The van der Waals surface area contributed by atoms with E-state index in [1.54, 1.807) is 36.4 Å². The standard InChI is InChI=1S/C25H22Cl2O4/c1-2-3-4-5-17-6-8-18(9-7-17)24(28)31-23-15-10-19(16-22(23)27)25(29)30-21-13-11-20(26)12-14-21/h6-16H,2-5H2,1H3. The highest BCUT2D eigenvalue weighted by Crippen LogP contribution is 2.27. The topological polar surface area (TPSA) is 52.6 Å². The highest BCUT2D eigenvalue weighted by molar-refractivity contribution is 6.32. The van der Waals surface area contributed by atoms with Gasteiger partial charge in [-0.1, -0.05) is 55.1 Å². The molecule has 0 heterocycles. The summed E-state index contributed by atoms with van der Waals surface area (Å²) in [6, 6.07) is 18.1. The third-order valence-electron chi connectivity index (χ3n) is 4.65. The summed E-state index contributed by atoms with van der Waals surface area (Å²) in [4.78, 5) is 24.8. The first-order valence-electron chi connectivity index (χ1n) is 10.0. The highest BCUT2D eigenvalue weighted by Gasteiger charge is 2.15. The van der Waals surface area contributed by atoms with E-state index in [0.29, 0.717) is 16.3 Å². The van der Waals surface area contributed by atoms with Gasteiger partial charge in [0.05, 0.1) is 16.1 Å². The van der Waals surface area contributed by atoms with Crippen LogP contribution in [0.5, 0.6) is 11.5 Å². The number of esters is 2. The maximum absolute atomic E-state index is 12.4. The molecule has 0 fully saturated rings. The molecule has 0 bridgehead atoms. The van der Waals surface area contributed by atoms with Crippen molar-refractivity contribution in [2.75, 3.05) is 0 Å². The number of rotatable bonds is 8. The number of halogens is 2. The van der Waals surface area contributed by atoms with Crippen LogP contribution in [-0.2, 0) is 6.42 Å². The van der Waals surface area contributed by atoms with Gasteiger partial charge in [-0.2, -0.15) is 0 Å². The Balaban J connectivity index is 1.62. The van der Waals surface area contributed by atoms with Gasteiger partial charge in [-0.15, -0.1) is 0 Å². The van der Waals surface area contributed by atoms with Gasteiger partial charge in [0.2, 0.25) is 0 Å². The normalized spacial score (nSPS) is 10.5.